The fourth-order valence-corrected chi connectivity index (χ4v) is 1.89. The Bertz CT molecular complexity index is 338. The lowest BCUT2D eigenvalue weighted by atomic mass is 9.97. The fourth-order valence-electron chi connectivity index (χ4n) is 1.89. The summed E-state index contributed by atoms with van der Waals surface area (Å²) < 4.78 is 0. The van der Waals surface area contributed by atoms with Gasteiger partial charge < -0.3 is 15.7 Å². The van der Waals surface area contributed by atoms with Gasteiger partial charge in [0.1, 0.15) is 0 Å². The normalized spacial score (nSPS) is 14.8. The molecule has 3 N–H and O–H groups in total. The maximum Gasteiger partial charge on any atom is 0.304 e. The summed E-state index contributed by atoms with van der Waals surface area (Å²) in [5.74, 6) is -0.865. The number of aliphatic carboxylic acids is 1. The van der Waals surface area contributed by atoms with Crippen molar-refractivity contribution >= 4 is 5.97 Å². The number of carboxylic acid groups (broad SMARTS) is 1. The predicted molar refractivity (Wildman–Crippen MR) is 63.1 cm³/mol. The molecule has 0 saturated heterocycles. The van der Waals surface area contributed by atoms with Crippen molar-refractivity contribution in [2.24, 2.45) is 5.73 Å². The molecule has 4 nitrogen and oxygen atoms in total. The lowest BCUT2D eigenvalue weighted by Gasteiger charge is -2.29. The van der Waals surface area contributed by atoms with Crippen LogP contribution in [0, 0.1) is 0 Å². The summed E-state index contributed by atoms with van der Waals surface area (Å²) in [5, 5.41) is 8.76. The van der Waals surface area contributed by atoms with E-state index in [1.807, 2.05) is 49.3 Å². The second-order valence-electron chi connectivity index (χ2n) is 4.08. The molecule has 0 bridgehead atoms. The molecule has 1 aromatic rings. The molecule has 1 rings (SSSR count). The van der Waals surface area contributed by atoms with Gasteiger partial charge in [-0.3, -0.25) is 4.79 Å². The Kier molecular flexibility index (Phi) is 4.46. The molecule has 16 heavy (non-hydrogen) atoms. The highest BCUT2D eigenvalue weighted by molar-refractivity contribution is 5.67. The van der Waals surface area contributed by atoms with Gasteiger partial charge >= 0.3 is 5.97 Å². The zero-order valence-corrected chi connectivity index (χ0v) is 9.63. The summed E-state index contributed by atoms with van der Waals surface area (Å²) in [4.78, 5) is 12.6. The summed E-state index contributed by atoms with van der Waals surface area (Å²) in [6.45, 7) is 0. The Morgan fingerprint density at radius 2 is 1.94 bits per heavy atom. The summed E-state index contributed by atoms with van der Waals surface area (Å²) in [6, 6.07) is 9.24. The molecule has 1 aromatic carbocycles. The third-order valence-corrected chi connectivity index (χ3v) is 2.51. The van der Waals surface area contributed by atoms with Crippen molar-refractivity contribution in [1.29, 1.82) is 0 Å². The molecule has 88 valence electrons. The standard InChI is InChI=1S/C12H18N2O2/c1-14(2)12(10(13)8-11(15)16)9-6-4-3-5-7-9/h3-7,10,12H,8,13H2,1-2H3,(H,15,16). The van der Waals surface area contributed by atoms with Gasteiger partial charge in [-0.15, -0.1) is 0 Å². The molecule has 0 amide bonds. The minimum absolute atomic E-state index is 0.0300. The average molecular weight is 222 g/mol. The van der Waals surface area contributed by atoms with Crippen LogP contribution in [0.5, 0.6) is 0 Å². The van der Waals surface area contributed by atoms with Gasteiger partial charge in [-0.1, -0.05) is 30.3 Å². The van der Waals surface area contributed by atoms with E-state index in [4.69, 9.17) is 10.8 Å². The molecule has 0 aromatic heterocycles. The lowest BCUT2D eigenvalue weighted by Crippen LogP contribution is -2.38. The van der Waals surface area contributed by atoms with Crippen LogP contribution >= 0.6 is 0 Å². The third kappa shape index (κ3) is 3.32. The first-order valence-electron chi connectivity index (χ1n) is 5.21. The van der Waals surface area contributed by atoms with Crippen LogP contribution in [0.25, 0.3) is 0 Å². The van der Waals surface area contributed by atoms with Gasteiger partial charge in [0, 0.05) is 12.1 Å². The van der Waals surface area contributed by atoms with E-state index in [1.54, 1.807) is 0 Å². The maximum absolute atomic E-state index is 10.7. The Labute approximate surface area is 95.7 Å². The topological polar surface area (TPSA) is 66.6 Å². The number of carbonyl (C=O) groups is 1. The molecule has 0 aliphatic carbocycles. The van der Waals surface area contributed by atoms with E-state index in [2.05, 4.69) is 0 Å². The van der Waals surface area contributed by atoms with Crippen LogP contribution in [-0.2, 0) is 4.79 Å². The van der Waals surface area contributed by atoms with Gasteiger partial charge in [0.2, 0.25) is 0 Å². The van der Waals surface area contributed by atoms with Crippen LogP contribution in [0.1, 0.15) is 18.0 Å². The van der Waals surface area contributed by atoms with E-state index in [9.17, 15) is 4.79 Å². The molecule has 2 atom stereocenters. The van der Waals surface area contributed by atoms with Crippen LogP contribution in [0.2, 0.25) is 0 Å². The first-order valence-corrected chi connectivity index (χ1v) is 5.21. The smallest absolute Gasteiger partial charge is 0.304 e. The van der Waals surface area contributed by atoms with Crippen molar-refractivity contribution < 1.29 is 9.90 Å². The zero-order chi connectivity index (χ0) is 12.1. The van der Waals surface area contributed by atoms with E-state index in [0.717, 1.165) is 5.56 Å². The minimum Gasteiger partial charge on any atom is -0.481 e. The monoisotopic (exact) mass is 222 g/mol. The second-order valence-corrected chi connectivity index (χ2v) is 4.08. The molecule has 2 unspecified atom stereocenters. The van der Waals surface area contributed by atoms with Crippen molar-refractivity contribution in [3.63, 3.8) is 0 Å². The van der Waals surface area contributed by atoms with Crippen molar-refractivity contribution in [3.05, 3.63) is 35.9 Å². The van der Waals surface area contributed by atoms with Crippen LogP contribution in [0.15, 0.2) is 30.3 Å². The van der Waals surface area contributed by atoms with Gasteiger partial charge in [-0.05, 0) is 19.7 Å². The Morgan fingerprint density at radius 3 is 2.38 bits per heavy atom. The lowest BCUT2D eigenvalue weighted by molar-refractivity contribution is -0.137. The first kappa shape index (κ1) is 12.7. The van der Waals surface area contributed by atoms with Crippen LogP contribution in [-0.4, -0.2) is 36.1 Å². The number of hydrogen-bond donors (Lipinski definition) is 2. The van der Waals surface area contributed by atoms with E-state index in [-0.39, 0.29) is 12.5 Å². The largest absolute Gasteiger partial charge is 0.481 e. The van der Waals surface area contributed by atoms with Crippen LogP contribution < -0.4 is 5.73 Å². The maximum atomic E-state index is 10.7. The molecule has 0 radical (unpaired) electrons. The zero-order valence-electron chi connectivity index (χ0n) is 9.63. The molecule has 0 aliphatic heterocycles. The highest BCUT2D eigenvalue weighted by Gasteiger charge is 2.23. The number of likely N-dealkylation sites (N-methyl/N-ethyl adjacent to an activating group) is 1. The number of rotatable bonds is 5. The third-order valence-electron chi connectivity index (χ3n) is 2.51. The summed E-state index contributed by atoms with van der Waals surface area (Å²) in [6.07, 6.45) is -0.0300. The van der Waals surface area contributed by atoms with Crippen molar-refractivity contribution in [1.82, 2.24) is 4.90 Å². The van der Waals surface area contributed by atoms with E-state index >= 15 is 0 Å². The number of carboxylic acids is 1. The quantitative estimate of drug-likeness (QED) is 0.782. The predicted octanol–water partition coefficient (Wildman–Crippen LogP) is 1.09. The van der Waals surface area contributed by atoms with Crippen LogP contribution in [0.3, 0.4) is 0 Å². The molecule has 4 heteroatoms. The summed E-state index contributed by atoms with van der Waals surface area (Å²) in [5.41, 5.74) is 6.97. The molecule has 0 heterocycles. The minimum atomic E-state index is -0.865. The SMILES string of the molecule is CN(C)C(c1ccccc1)C(N)CC(=O)O. The first-order chi connectivity index (χ1) is 7.52. The number of nitrogens with zero attached hydrogens (tertiary/aromatic N) is 1. The van der Waals surface area contributed by atoms with E-state index < -0.39 is 12.0 Å². The number of nitrogens with two attached hydrogens (primary N) is 1. The fraction of sp³-hybridized carbons (Fsp3) is 0.417. The van der Waals surface area contributed by atoms with Gasteiger partial charge in [0.15, 0.2) is 0 Å². The number of benzene rings is 1. The number of hydrogen-bond acceptors (Lipinski definition) is 3. The molecule has 0 spiro atoms. The molecule has 0 aliphatic rings. The van der Waals surface area contributed by atoms with Crippen LogP contribution in [0.4, 0.5) is 0 Å². The Morgan fingerprint density at radius 1 is 1.38 bits per heavy atom. The van der Waals surface area contributed by atoms with Crippen molar-refractivity contribution in [3.8, 4) is 0 Å². The Balaban J connectivity index is 2.87. The van der Waals surface area contributed by atoms with Gasteiger partial charge in [0.05, 0.1) is 6.42 Å². The van der Waals surface area contributed by atoms with Crippen molar-refractivity contribution in [2.75, 3.05) is 14.1 Å². The summed E-state index contributed by atoms with van der Waals surface area (Å²) >= 11 is 0. The second kappa shape index (κ2) is 5.63. The highest BCUT2D eigenvalue weighted by atomic mass is 16.4. The average Bonchev–Trinajstić information content (AvgIpc) is 2.17. The van der Waals surface area contributed by atoms with E-state index in [1.165, 1.54) is 0 Å². The summed E-state index contributed by atoms with van der Waals surface area (Å²) in [7, 11) is 3.80. The van der Waals surface area contributed by atoms with Crippen molar-refractivity contribution in [2.45, 2.75) is 18.5 Å². The van der Waals surface area contributed by atoms with Gasteiger partial charge in [0.25, 0.3) is 0 Å². The molecule has 0 saturated carbocycles. The van der Waals surface area contributed by atoms with E-state index in [0.29, 0.717) is 0 Å². The molecular weight excluding hydrogens is 204 g/mol. The molecular formula is C12H18N2O2. The van der Waals surface area contributed by atoms with Gasteiger partial charge in [-0.2, -0.15) is 0 Å². The highest BCUT2D eigenvalue weighted by Crippen LogP contribution is 2.22. The van der Waals surface area contributed by atoms with Gasteiger partial charge in [-0.25, -0.2) is 0 Å². The molecule has 0 fully saturated rings. The Hall–Kier alpha value is -1.39.